The second-order valence-electron chi connectivity index (χ2n) is 5.03. The van der Waals surface area contributed by atoms with Crippen molar-refractivity contribution in [3.8, 4) is 0 Å². The summed E-state index contributed by atoms with van der Waals surface area (Å²) >= 11 is 0. The fraction of sp³-hybridized carbons (Fsp3) is 0.923. The fourth-order valence-corrected chi connectivity index (χ4v) is 2.51. The van der Waals surface area contributed by atoms with Gasteiger partial charge in [0.05, 0.1) is 6.10 Å². The highest BCUT2D eigenvalue weighted by Crippen LogP contribution is 2.22. The van der Waals surface area contributed by atoms with Crippen molar-refractivity contribution in [1.82, 2.24) is 4.90 Å². The van der Waals surface area contributed by atoms with Gasteiger partial charge in [0.15, 0.2) is 0 Å². The zero-order valence-corrected chi connectivity index (χ0v) is 11.2. The van der Waals surface area contributed by atoms with Gasteiger partial charge in [-0.2, -0.15) is 0 Å². The summed E-state index contributed by atoms with van der Waals surface area (Å²) in [5.74, 6) is -0.167. The molecule has 1 heterocycles. The van der Waals surface area contributed by atoms with E-state index in [9.17, 15) is 9.90 Å². The minimum atomic E-state index is -0.692. The van der Waals surface area contributed by atoms with Crippen LogP contribution >= 0.6 is 0 Å². The van der Waals surface area contributed by atoms with Crippen molar-refractivity contribution >= 4 is 5.97 Å². The van der Waals surface area contributed by atoms with Gasteiger partial charge in [-0.05, 0) is 25.3 Å². The highest BCUT2D eigenvalue weighted by molar-refractivity contribution is 5.73. The number of carbonyl (C=O) groups is 1. The summed E-state index contributed by atoms with van der Waals surface area (Å²) in [5.41, 5.74) is 0. The van der Waals surface area contributed by atoms with Crippen LogP contribution in [0.3, 0.4) is 0 Å². The number of hydrogen-bond acceptors (Lipinski definition) is 3. The van der Waals surface area contributed by atoms with Gasteiger partial charge in [0.1, 0.15) is 6.04 Å². The third-order valence-electron chi connectivity index (χ3n) is 3.78. The Labute approximate surface area is 104 Å². The quantitative estimate of drug-likeness (QED) is 0.775. The van der Waals surface area contributed by atoms with Gasteiger partial charge >= 0.3 is 5.97 Å². The zero-order chi connectivity index (χ0) is 12.8. The van der Waals surface area contributed by atoms with Crippen molar-refractivity contribution in [2.24, 2.45) is 5.92 Å². The van der Waals surface area contributed by atoms with Crippen molar-refractivity contribution in [2.75, 3.05) is 20.2 Å². The molecule has 0 aromatic carbocycles. The summed E-state index contributed by atoms with van der Waals surface area (Å²) in [6, 6.07) is -0.333. The monoisotopic (exact) mass is 243 g/mol. The van der Waals surface area contributed by atoms with Crippen LogP contribution < -0.4 is 0 Å². The Morgan fingerprint density at radius 2 is 2.29 bits per heavy atom. The molecule has 0 spiro atoms. The third-order valence-corrected chi connectivity index (χ3v) is 3.78. The molecule has 1 rings (SSSR count). The molecule has 0 aromatic rings. The Morgan fingerprint density at radius 1 is 1.59 bits per heavy atom. The molecule has 0 aliphatic carbocycles. The molecular weight excluding hydrogens is 218 g/mol. The lowest BCUT2D eigenvalue weighted by Gasteiger charge is -2.39. The van der Waals surface area contributed by atoms with Crippen LogP contribution in [0, 0.1) is 5.92 Å². The first-order valence-electron chi connectivity index (χ1n) is 6.59. The standard InChI is InChI=1S/C13H25NO3/c1-4-5-6-11(13(15)16)14-8-7-10(2)12(9-14)17-3/h10-12H,4-9H2,1-3H3,(H,15,16). The Kier molecular flexibility index (Phi) is 5.92. The SMILES string of the molecule is CCCCC(C(=O)O)N1CCC(C)C(OC)C1. The fourth-order valence-electron chi connectivity index (χ4n) is 2.51. The van der Waals surface area contributed by atoms with Crippen molar-refractivity contribution in [1.29, 1.82) is 0 Å². The van der Waals surface area contributed by atoms with Gasteiger partial charge in [-0.1, -0.05) is 26.7 Å². The lowest BCUT2D eigenvalue weighted by atomic mass is 9.94. The molecule has 3 unspecified atom stereocenters. The molecule has 3 atom stereocenters. The van der Waals surface area contributed by atoms with E-state index < -0.39 is 5.97 Å². The topological polar surface area (TPSA) is 49.8 Å². The molecule has 0 aromatic heterocycles. The van der Waals surface area contributed by atoms with Crippen molar-refractivity contribution in [3.05, 3.63) is 0 Å². The molecule has 0 bridgehead atoms. The molecule has 1 N–H and O–H groups in total. The van der Waals surface area contributed by atoms with Gasteiger partial charge in [0, 0.05) is 13.7 Å². The predicted molar refractivity (Wildman–Crippen MR) is 67.1 cm³/mol. The largest absolute Gasteiger partial charge is 0.480 e. The number of methoxy groups -OCH3 is 1. The average molecular weight is 243 g/mol. The summed E-state index contributed by atoms with van der Waals surface area (Å²) in [6.07, 6.45) is 3.96. The van der Waals surface area contributed by atoms with Crippen LogP contribution in [0.15, 0.2) is 0 Å². The number of rotatable bonds is 6. The predicted octanol–water partition coefficient (Wildman–Crippen LogP) is 1.99. The number of ether oxygens (including phenoxy) is 1. The second kappa shape index (κ2) is 6.97. The van der Waals surface area contributed by atoms with Crippen LogP contribution in [0.25, 0.3) is 0 Å². The van der Waals surface area contributed by atoms with Crippen LogP contribution in [0.5, 0.6) is 0 Å². The van der Waals surface area contributed by atoms with Crippen LogP contribution in [0.4, 0.5) is 0 Å². The molecule has 1 saturated heterocycles. The van der Waals surface area contributed by atoms with E-state index in [1.165, 1.54) is 0 Å². The normalized spacial score (nSPS) is 27.9. The Hall–Kier alpha value is -0.610. The first-order chi connectivity index (χ1) is 8.10. The number of carboxylic acids is 1. The Bertz CT molecular complexity index is 245. The lowest BCUT2D eigenvalue weighted by Crippen LogP contribution is -2.51. The maximum absolute atomic E-state index is 11.3. The van der Waals surface area contributed by atoms with Crippen LogP contribution in [0.2, 0.25) is 0 Å². The summed E-state index contributed by atoms with van der Waals surface area (Å²) in [5, 5.41) is 9.29. The van der Waals surface area contributed by atoms with Crippen LogP contribution in [-0.4, -0.2) is 48.3 Å². The van der Waals surface area contributed by atoms with Gasteiger partial charge in [-0.3, -0.25) is 9.69 Å². The number of piperidine rings is 1. The van der Waals surface area contributed by atoms with Crippen molar-refractivity contribution < 1.29 is 14.6 Å². The maximum atomic E-state index is 11.3. The van der Waals surface area contributed by atoms with E-state index in [0.717, 1.165) is 38.8 Å². The molecule has 4 heteroatoms. The number of hydrogen-bond donors (Lipinski definition) is 1. The first-order valence-corrected chi connectivity index (χ1v) is 6.59. The van der Waals surface area contributed by atoms with E-state index >= 15 is 0 Å². The highest BCUT2D eigenvalue weighted by Gasteiger charge is 2.32. The van der Waals surface area contributed by atoms with Crippen molar-refractivity contribution in [2.45, 2.75) is 51.7 Å². The van der Waals surface area contributed by atoms with E-state index in [1.54, 1.807) is 7.11 Å². The van der Waals surface area contributed by atoms with E-state index in [4.69, 9.17) is 4.74 Å². The third kappa shape index (κ3) is 3.96. The molecule has 1 aliphatic heterocycles. The molecule has 1 aliphatic rings. The number of carboxylic acid groups (broad SMARTS) is 1. The summed E-state index contributed by atoms with van der Waals surface area (Å²) in [6.45, 7) is 5.89. The van der Waals surface area contributed by atoms with Crippen molar-refractivity contribution in [3.63, 3.8) is 0 Å². The highest BCUT2D eigenvalue weighted by atomic mass is 16.5. The van der Waals surface area contributed by atoms with Gasteiger partial charge in [0.2, 0.25) is 0 Å². The lowest BCUT2D eigenvalue weighted by molar-refractivity contribution is -0.145. The van der Waals surface area contributed by atoms with E-state index in [1.807, 2.05) is 0 Å². The molecule has 0 saturated carbocycles. The van der Waals surface area contributed by atoms with Gasteiger partial charge in [-0.25, -0.2) is 0 Å². The molecule has 100 valence electrons. The number of unbranched alkanes of at least 4 members (excludes halogenated alkanes) is 1. The minimum Gasteiger partial charge on any atom is -0.480 e. The summed E-state index contributed by atoms with van der Waals surface area (Å²) in [7, 11) is 1.71. The molecule has 0 radical (unpaired) electrons. The molecular formula is C13H25NO3. The van der Waals surface area contributed by atoms with E-state index in [2.05, 4.69) is 18.7 Å². The molecule has 17 heavy (non-hydrogen) atoms. The summed E-state index contributed by atoms with van der Waals surface area (Å²) < 4.78 is 5.43. The Balaban J connectivity index is 2.58. The van der Waals surface area contributed by atoms with E-state index in [0.29, 0.717) is 5.92 Å². The summed E-state index contributed by atoms with van der Waals surface area (Å²) in [4.78, 5) is 13.4. The molecule has 0 amide bonds. The zero-order valence-electron chi connectivity index (χ0n) is 11.2. The maximum Gasteiger partial charge on any atom is 0.320 e. The smallest absolute Gasteiger partial charge is 0.320 e. The van der Waals surface area contributed by atoms with Gasteiger partial charge in [0.25, 0.3) is 0 Å². The number of nitrogens with zero attached hydrogens (tertiary/aromatic N) is 1. The Morgan fingerprint density at radius 3 is 2.82 bits per heavy atom. The van der Waals surface area contributed by atoms with Crippen LogP contribution in [-0.2, 0) is 9.53 Å². The number of likely N-dealkylation sites (tertiary alicyclic amines) is 1. The van der Waals surface area contributed by atoms with Gasteiger partial charge < -0.3 is 9.84 Å². The molecule has 4 nitrogen and oxygen atoms in total. The van der Waals surface area contributed by atoms with Gasteiger partial charge in [-0.15, -0.1) is 0 Å². The second-order valence-corrected chi connectivity index (χ2v) is 5.03. The minimum absolute atomic E-state index is 0.173. The number of aliphatic carboxylic acids is 1. The van der Waals surface area contributed by atoms with Crippen LogP contribution in [0.1, 0.15) is 39.5 Å². The molecule has 1 fully saturated rings. The van der Waals surface area contributed by atoms with E-state index in [-0.39, 0.29) is 12.1 Å². The first kappa shape index (κ1) is 14.5. The average Bonchev–Trinajstić information content (AvgIpc) is 2.31.